The Labute approximate surface area is 211 Å². The number of ether oxygens (including phenoxy) is 2. The lowest BCUT2D eigenvalue weighted by Crippen LogP contribution is -2.53. The van der Waals surface area contributed by atoms with Crippen LogP contribution in [-0.4, -0.2) is 51.6 Å². The van der Waals surface area contributed by atoms with Gasteiger partial charge in [0.2, 0.25) is 0 Å². The van der Waals surface area contributed by atoms with E-state index in [9.17, 15) is 15.0 Å². The molecule has 3 heterocycles. The van der Waals surface area contributed by atoms with Crippen molar-refractivity contribution in [3.05, 3.63) is 11.1 Å². The van der Waals surface area contributed by atoms with Crippen LogP contribution in [0.4, 0.5) is 0 Å². The summed E-state index contributed by atoms with van der Waals surface area (Å²) in [6, 6.07) is 0. The number of aliphatic hydroxyl groups excluding tert-OH is 1. The van der Waals surface area contributed by atoms with Crippen LogP contribution in [0.2, 0.25) is 0 Å². The summed E-state index contributed by atoms with van der Waals surface area (Å²) in [5.41, 5.74) is 1.11. The van der Waals surface area contributed by atoms with Crippen LogP contribution in [0.3, 0.4) is 0 Å². The van der Waals surface area contributed by atoms with Crippen LogP contribution in [0.1, 0.15) is 99.8 Å². The Bertz CT molecular complexity index is 976. The molecule has 0 aromatic heterocycles. The first kappa shape index (κ1) is 24.6. The first-order valence-corrected chi connectivity index (χ1v) is 14.2. The second-order valence-corrected chi connectivity index (χ2v) is 14.7. The summed E-state index contributed by atoms with van der Waals surface area (Å²) in [5.74, 6) is 1.15. The molecular weight excluding hydrogens is 440 g/mol. The van der Waals surface area contributed by atoms with Crippen molar-refractivity contribution in [3.63, 3.8) is 0 Å². The lowest BCUT2D eigenvalue weighted by Gasteiger charge is -2.52. The highest BCUT2D eigenvalue weighted by Crippen LogP contribution is 2.71. The van der Waals surface area contributed by atoms with E-state index in [4.69, 9.17) is 9.47 Å². The maximum absolute atomic E-state index is 14.4. The molecule has 2 bridgehead atoms. The zero-order valence-corrected chi connectivity index (χ0v) is 22.8. The number of rotatable bonds is 2. The second-order valence-electron chi connectivity index (χ2n) is 14.7. The van der Waals surface area contributed by atoms with E-state index in [1.807, 2.05) is 0 Å². The molecule has 0 radical (unpaired) electrons. The van der Waals surface area contributed by atoms with Gasteiger partial charge in [-0.3, -0.25) is 4.79 Å². The van der Waals surface area contributed by atoms with Crippen LogP contribution < -0.4 is 0 Å². The van der Waals surface area contributed by atoms with Crippen molar-refractivity contribution in [2.45, 2.75) is 135 Å². The third-order valence-electron chi connectivity index (χ3n) is 12.3. The van der Waals surface area contributed by atoms with E-state index < -0.39 is 29.3 Å². The molecule has 4 fully saturated rings. The summed E-state index contributed by atoms with van der Waals surface area (Å²) in [6.45, 7) is 14.8. The van der Waals surface area contributed by atoms with Crippen LogP contribution >= 0.6 is 0 Å². The molecule has 5 heteroatoms. The van der Waals surface area contributed by atoms with Gasteiger partial charge in [0.05, 0.1) is 28.8 Å². The average molecular weight is 487 g/mol. The number of hydrogen-bond donors (Lipinski definition) is 2. The topological polar surface area (TPSA) is 76.0 Å². The smallest absolute Gasteiger partial charge is 0.172 e. The van der Waals surface area contributed by atoms with Crippen LogP contribution in [-0.2, 0) is 14.3 Å². The van der Waals surface area contributed by atoms with Gasteiger partial charge in [-0.1, -0.05) is 38.8 Å². The lowest BCUT2D eigenvalue weighted by molar-refractivity contribution is -0.190. The summed E-state index contributed by atoms with van der Waals surface area (Å²) in [4.78, 5) is 14.4. The molecule has 2 N–H and O–H groups in total. The van der Waals surface area contributed by atoms with Gasteiger partial charge in [-0.15, -0.1) is 0 Å². The van der Waals surface area contributed by atoms with Gasteiger partial charge in [-0.05, 0) is 94.8 Å². The van der Waals surface area contributed by atoms with Crippen molar-refractivity contribution in [1.82, 2.24) is 0 Å². The van der Waals surface area contributed by atoms with Gasteiger partial charge in [0, 0.05) is 5.92 Å². The highest BCUT2D eigenvalue weighted by molar-refractivity contribution is 5.96. The Kier molecular flexibility index (Phi) is 5.06. The summed E-state index contributed by atoms with van der Waals surface area (Å²) in [6.07, 6.45) is 6.50. The van der Waals surface area contributed by atoms with Gasteiger partial charge >= 0.3 is 0 Å². The molecule has 3 aliphatic carbocycles. The van der Waals surface area contributed by atoms with Crippen molar-refractivity contribution in [2.75, 3.05) is 0 Å². The maximum Gasteiger partial charge on any atom is 0.172 e. The van der Waals surface area contributed by atoms with Gasteiger partial charge in [0.1, 0.15) is 12.2 Å². The fourth-order valence-corrected chi connectivity index (χ4v) is 10.3. The van der Waals surface area contributed by atoms with Crippen molar-refractivity contribution in [1.29, 1.82) is 0 Å². The van der Waals surface area contributed by atoms with E-state index in [1.165, 1.54) is 17.6 Å². The SMILES string of the molecule is C[C@@H]1CC(C(O)C(C)(C)O)O[C@H]2C(=O)[C@@]3(C)C4=C(CC[C@]3(C)[C@@H]12)C[C@]12CC[C@H](O1)C(C)(C)[C@@H]2CC4. The fraction of sp³-hybridized carbons (Fsp3) is 0.900. The minimum atomic E-state index is -1.26. The van der Waals surface area contributed by atoms with Crippen molar-refractivity contribution >= 4 is 5.78 Å². The summed E-state index contributed by atoms with van der Waals surface area (Å²) in [7, 11) is 0. The summed E-state index contributed by atoms with van der Waals surface area (Å²) >= 11 is 0. The van der Waals surface area contributed by atoms with Gasteiger partial charge in [-0.25, -0.2) is 0 Å². The average Bonchev–Trinajstić information content (AvgIpc) is 3.27. The van der Waals surface area contributed by atoms with Crippen LogP contribution in [0, 0.1) is 34.0 Å². The van der Waals surface area contributed by atoms with Gasteiger partial charge in [0.15, 0.2) is 5.78 Å². The first-order valence-electron chi connectivity index (χ1n) is 14.2. The van der Waals surface area contributed by atoms with Crippen molar-refractivity contribution < 1.29 is 24.5 Å². The van der Waals surface area contributed by atoms with E-state index in [0.717, 1.165) is 38.5 Å². The molecule has 1 saturated carbocycles. The number of fused-ring (bicyclic) bond motifs is 5. The highest BCUT2D eigenvalue weighted by Gasteiger charge is 2.71. The molecule has 3 saturated heterocycles. The summed E-state index contributed by atoms with van der Waals surface area (Å²) < 4.78 is 13.3. The molecule has 0 amide bonds. The molecule has 6 aliphatic rings. The van der Waals surface area contributed by atoms with E-state index in [-0.39, 0.29) is 34.1 Å². The Hall–Kier alpha value is -0.750. The van der Waals surface area contributed by atoms with E-state index in [1.54, 1.807) is 13.8 Å². The minimum Gasteiger partial charge on any atom is -0.388 e. The first-order chi connectivity index (χ1) is 16.2. The van der Waals surface area contributed by atoms with Crippen molar-refractivity contribution in [3.8, 4) is 0 Å². The van der Waals surface area contributed by atoms with Gasteiger partial charge in [0.25, 0.3) is 0 Å². The van der Waals surface area contributed by atoms with Crippen molar-refractivity contribution in [2.24, 2.45) is 34.0 Å². The zero-order chi connectivity index (χ0) is 25.3. The number of ketones is 1. The number of carbonyl (C=O) groups is 1. The molecule has 35 heavy (non-hydrogen) atoms. The van der Waals surface area contributed by atoms with Crippen LogP contribution in [0.5, 0.6) is 0 Å². The zero-order valence-electron chi connectivity index (χ0n) is 22.8. The Morgan fingerprint density at radius 3 is 2.49 bits per heavy atom. The van der Waals surface area contributed by atoms with E-state index >= 15 is 0 Å². The summed E-state index contributed by atoms with van der Waals surface area (Å²) in [5, 5.41) is 21.3. The monoisotopic (exact) mass is 486 g/mol. The minimum absolute atomic E-state index is 0.0323. The van der Waals surface area contributed by atoms with Crippen LogP contribution in [0.15, 0.2) is 11.1 Å². The molecule has 5 nitrogen and oxygen atoms in total. The molecular formula is C30H46O5. The normalized spacial score (nSPS) is 51.4. The van der Waals surface area contributed by atoms with Gasteiger partial charge < -0.3 is 19.7 Å². The second kappa shape index (κ2) is 7.21. The Morgan fingerprint density at radius 2 is 1.80 bits per heavy atom. The van der Waals surface area contributed by atoms with Crippen LogP contribution in [0.25, 0.3) is 0 Å². The fourth-order valence-electron chi connectivity index (χ4n) is 10.3. The number of aliphatic hydroxyl groups is 2. The Morgan fingerprint density at radius 1 is 1.09 bits per heavy atom. The molecule has 0 aromatic rings. The number of allylic oxidation sites excluding steroid dienone is 1. The quantitative estimate of drug-likeness (QED) is 0.539. The predicted octanol–water partition coefficient (Wildman–Crippen LogP) is 4.97. The molecule has 2 unspecified atom stereocenters. The van der Waals surface area contributed by atoms with E-state index in [2.05, 4.69) is 34.6 Å². The molecule has 1 spiro atoms. The van der Waals surface area contributed by atoms with Gasteiger partial charge in [-0.2, -0.15) is 0 Å². The lowest BCUT2D eigenvalue weighted by atomic mass is 9.52. The molecule has 196 valence electrons. The largest absolute Gasteiger partial charge is 0.388 e. The predicted molar refractivity (Wildman–Crippen MR) is 134 cm³/mol. The molecule has 10 atom stereocenters. The third kappa shape index (κ3) is 2.93. The standard InChI is InChI=1S/C30H46O5/c1-16-14-19(24(31)27(4,5)33)34-23-22(16)28(6)12-10-17-15-30-13-11-21(35-30)26(2,3)20(30)9-8-18(17)29(28,7)25(23)32/h16,19-24,31,33H,8-15H2,1-7H3/t16-,19?,20+,21+,22+,23-,24?,28-,29-,30+/m1/s1. The number of carbonyl (C=O) groups excluding carboxylic acids is 1. The molecule has 6 rings (SSSR count). The molecule has 0 aromatic carbocycles. The highest BCUT2D eigenvalue weighted by atomic mass is 16.5. The molecule has 3 aliphatic heterocycles. The maximum atomic E-state index is 14.4. The number of Topliss-reactive ketones (excluding diaryl/α,β-unsaturated/α-hetero) is 1. The number of hydrogen-bond acceptors (Lipinski definition) is 5. The third-order valence-corrected chi connectivity index (χ3v) is 12.3. The van der Waals surface area contributed by atoms with E-state index in [0.29, 0.717) is 18.4 Å². The Balaban J connectivity index is 1.38.